The molecule has 0 bridgehead atoms. The predicted molar refractivity (Wildman–Crippen MR) is 58.9 cm³/mol. The maximum atomic E-state index is 5.68. The monoisotopic (exact) mass is 181 g/mol. The van der Waals surface area contributed by atoms with Crippen molar-refractivity contribution in [2.75, 3.05) is 17.6 Å². The Labute approximate surface area is 80.4 Å². The Morgan fingerprint density at radius 2 is 2.08 bits per heavy atom. The van der Waals surface area contributed by atoms with Gasteiger partial charge in [-0.25, -0.2) is 4.98 Å². The zero-order valence-electron chi connectivity index (χ0n) is 8.89. The Morgan fingerprint density at radius 1 is 1.46 bits per heavy atom. The highest BCUT2D eigenvalue weighted by Crippen LogP contribution is 2.14. The van der Waals surface area contributed by atoms with Crippen LogP contribution in [0, 0.1) is 6.92 Å². The third kappa shape index (κ3) is 3.78. The van der Waals surface area contributed by atoms with Gasteiger partial charge in [0.05, 0.1) is 5.69 Å². The molecule has 0 saturated heterocycles. The second kappa shape index (κ2) is 6.29. The first-order valence-corrected chi connectivity index (χ1v) is 4.70. The van der Waals surface area contributed by atoms with Gasteiger partial charge >= 0.3 is 0 Å². The van der Waals surface area contributed by atoms with Gasteiger partial charge in [0, 0.05) is 12.7 Å². The molecular weight excluding hydrogens is 162 g/mol. The number of hydrogen-bond acceptors (Lipinski definition) is 3. The lowest BCUT2D eigenvalue weighted by molar-refractivity contribution is 1.15. The number of nitrogens with zero attached hydrogens (tertiary/aromatic N) is 1. The molecule has 0 atom stereocenters. The third-order valence-electron chi connectivity index (χ3n) is 1.40. The van der Waals surface area contributed by atoms with Crippen molar-refractivity contribution in [3.05, 3.63) is 17.8 Å². The van der Waals surface area contributed by atoms with E-state index < -0.39 is 0 Å². The first kappa shape index (κ1) is 11.8. The first-order chi connectivity index (χ1) is 6.24. The van der Waals surface area contributed by atoms with E-state index in [4.69, 9.17) is 5.73 Å². The summed E-state index contributed by atoms with van der Waals surface area (Å²) in [6, 6.07) is 1.91. The Hall–Kier alpha value is -1.25. The molecule has 0 aliphatic carbocycles. The van der Waals surface area contributed by atoms with Gasteiger partial charge in [0.2, 0.25) is 0 Å². The first-order valence-electron chi connectivity index (χ1n) is 4.70. The Morgan fingerprint density at radius 3 is 2.54 bits per heavy atom. The van der Waals surface area contributed by atoms with Crippen LogP contribution < -0.4 is 11.1 Å². The van der Waals surface area contributed by atoms with Crippen molar-refractivity contribution >= 4 is 11.5 Å². The Kier molecular flexibility index (Phi) is 5.68. The summed E-state index contributed by atoms with van der Waals surface area (Å²) in [5.74, 6) is 0.776. The molecule has 1 rings (SSSR count). The number of hydrogen-bond donors (Lipinski definition) is 2. The third-order valence-corrected chi connectivity index (χ3v) is 1.40. The molecule has 3 nitrogen and oxygen atoms in total. The highest BCUT2D eigenvalue weighted by atomic mass is 15.0. The number of aromatic nitrogens is 1. The van der Waals surface area contributed by atoms with Crippen molar-refractivity contribution in [3.8, 4) is 0 Å². The van der Waals surface area contributed by atoms with E-state index >= 15 is 0 Å². The fraction of sp³-hybridized carbons (Fsp3) is 0.500. The fourth-order valence-corrected chi connectivity index (χ4v) is 0.907. The largest absolute Gasteiger partial charge is 0.396 e. The standard InChI is InChI=1S/C8H13N3.C2H6/c1-3-10-8-7(9)4-6(2)5-11-8;1-2/h4-5H,3,9H2,1-2H3,(H,10,11);1-2H3. The van der Waals surface area contributed by atoms with E-state index in [1.54, 1.807) is 6.20 Å². The molecule has 0 aromatic carbocycles. The van der Waals surface area contributed by atoms with E-state index in [-0.39, 0.29) is 0 Å². The molecule has 1 aromatic rings. The van der Waals surface area contributed by atoms with Crippen molar-refractivity contribution in [2.45, 2.75) is 27.7 Å². The maximum absolute atomic E-state index is 5.68. The molecule has 74 valence electrons. The molecule has 0 spiro atoms. The summed E-state index contributed by atoms with van der Waals surface area (Å²) in [6.07, 6.45) is 1.80. The molecular formula is C10H19N3. The van der Waals surface area contributed by atoms with Crippen molar-refractivity contribution in [3.63, 3.8) is 0 Å². The minimum Gasteiger partial charge on any atom is -0.396 e. The van der Waals surface area contributed by atoms with Crippen LogP contribution in [0.5, 0.6) is 0 Å². The molecule has 0 aliphatic rings. The Bertz CT molecular complexity index is 246. The van der Waals surface area contributed by atoms with Crippen LogP contribution in [0.2, 0.25) is 0 Å². The van der Waals surface area contributed by atoms with Gasteiger partial charge in [-0.1, -0.05) is 13.8 Å². The quantitative estimate of drug-likeness (QED) is 0.736. The van der Waals surface area contributed by atoms with Crippen LogP contribution in [0.25, 0.3) is 0 Å². The molecule has 0 fully saturated rings. The lowest BCUT2D eigenvalue weighted by Gasteiger charge is -2.05. The number of nitrogens with two attached hydrogens (primary N) is 1. The zero-order chi connectivity index (χ0) is 10.3. The molecule has 3 heteroatoms. The van der Waals surface area contributed by atoms with Crippen LogP contribution in [0.1, 0.15) is 26.3 Å². The minimum absolute atomic E-state index is 0.715. The van der Waals surface area contributed by atoms with Gasteiger partial charge in [-0.05, 0) is 25.5 Å². The number of nitrogen functional groups attached to an aromatic ring is 1. The summed E-state index contributed by atoms with van der Waals surface area (Å²) >= 11 is 0. The van der Waals surface area contributed by atoms with Gasteiger partial charge in [-0.15, -0.1) is 0 Å². The van der Waals surface area contributed by atoms with E-state index in [2.05, 4.69) is 10.3 Å². The summed E-state index contributed by atoms with van der Waals surface area (Å²) in [4.78, 5) is 4.13. The highest BCUT2D eigenvalue weighted by Gasteiger charge is 1.96. The number of rotatable bonds is 2. The summed E-state index contributed by atoms with van der Waals surface area (Å²) in [6.45, 7) is 8.83. The molecule has 0 amide bonds. The van der Waals surface area contributed by atoms with Crippen molar-refractivity contribution in [1.82, 2.24) is 4.98 Å². The van der Waals surface area contributed by atoms with Crippen LogP contribution in [-0.4, -0.2) is 11.5 Å². The van der Waals surface area contributed by atoms with Crippen LogP contribution in [0.15, 0.2) is 12.3 Å². The van der Waals surface area contributed by atoms with Gasteiger partial charge in [-0.3, -0.25) is 0 Å². The Balaban J connectivity index is 0.000000671. The van der Waals surface area contributed by atoms with Gasteiger partial charge < -0.3 is 11.1 Å². The van der Waals surface area contributed by atoms with E-state index in [0.717, 1.165) is 17.9 Å². The molecule has 1 heterocycles. The predicted octanol–water partition coefficient (Wildman–Crippen LogP) is 2.43. The molecule has 1 aromatic heterocycles. The smallest absolute Gasteiger partial charge is 0.149 e. The van der Waals surface area contributed by atoms with Gasteiger partial charge in [0.25, 0.3) is 0 Å². The zero-order valence-corrected chi connectivity index (χ0v) is 8.89. The van der Waals surface area contributed by atoms with Crippen molar-refractivity contribution in [2.24, 2.45) is 0 Å². The summed E-state index contributed by atoms with van der Waals surface area (Å²) < 4.78 is 0. The van der Waals surface area contributed by atoms with E-state index in [1.807, 2.05) is 33.8 Å². The normalized spacial score (nSPS) is 8.62. The SMILES string of the molecule is CC.CCNc1ncc(C)cc1N. The van der Waals surface area contributed by atoms with Gasteiger partial charge in [0.15, 0.2) is 0 Å². The fourth-order valence-electron chi connectivity index (χ4n) is 0.907. The van der Waals surface area contributed by atoms with Crippen LogP contribution in [0.4, 0.5) is 11.5 Å². The molecule has 0 saturated carbocycles. The minimum atomic E-state index is 0.715. The molecule has 0 aliphatic heterocycles. The lowest BCUT2D eigenvalue weighted by Crippen LogP contribution is -2.03. The lowest BCUT2D eigenvalue weighted by atomic mass is 10.3. The van der Waals surface area contributed by atoms with Crippen molar-refractivity contribution in [1.29, 1.82) is 0 Å². The van der Waals surface area contributed by atoms with E-state index in [9.17, 15) is 0 Å². The van der Waals surface area contributed by atoms with E-state index in [1.165, 1.54) is 0 Å². The molecule has 13 heavy (non-hydrogen) atoms. The summed E-state index contributed by atoms with van der Waals surface area (Å²) in [5.41, 5.74) is 7.48. The number of anilines is 2. The average Bonchev–Trinajstić information content (AvgIpc) is 2.14. The van der Waals surface area contributed by atoms with Crippen LogP contribution in [-0.2, 0) is 0 Å². The second-order valence-corrected chi connectivity index (χ2v) is 2.48. The highest BCUT2D eigenvalue weighted by molar-refractivity contribution is 5.61. The number of aryl methyl sites for hydroxylation is 1. The molecule has 0 radical (unpaired) electrons. The topological polar surface area (TPSA) is 50.9 Å². The van der Waals surface area contributed by atoms with Crippen LogP contribution in [0.3, 0.4) is 0 Å². The average molecular weight is 181 g/mol. The van der Waals surface area contributed by atoms with Crippen LogP contribution >= 0.6 is 0 Å². The number of pyridine rings is 1. The molecule has 3 N–H and O–H groups in total. The number of nitrogens with one attached hydrogen (secondary N) is 1. The van der Waals surface area contributed by atoms with E-state index in [0.29, 0.717) is 5.69 Å². The second-order valence-electron chi connectivity index (χ2n) is 2.48. The van der Waals surface area contributed by atoms with Gasteiger partial charge in [-0.2, -0.15) is 0 Å². The maximum Gasteiger partial charge on any atom is 0.149 e. The summed E-state index contributed by atoms with van der Waals surface area (Å²) in [5, 5.41) is 3.07. The van der Waals surface area contributed by atoms with Gasteiger partial charge in [0.1, 0.15) is 5.82 Å². The molecule has 0 unspecified atom stereocenters. The summed E-state index contributed by atoms with van der Waals surface area (Å²) in [7, 11) is 0. The van der Waals surface area contributed by atoms with Crippen molar-refractivity contribution < 1.29 is 0 Å².